The predicted molar refractivity (Wildman–Crippen MR) is 74.1 cm³/mol. The summed E-state index contributed by atoms with van der Waals surface area (Å²) in [6.45, 7) is 0.834. The van der Waals surface area contributed by atoms with E-state index < -0.39 is 0 Å². The highest BCUT2D eigenvalue weighted by molar-refractivity contribution is 6.35. The van der Waals surface area contributed by atoms with Gasteiger partial charge < -0.3 is 9.84 Å². The average molecular weight is 289 g/mol. The van der Waals surface area contributed by atoms with Crippen molar-refractivity contribution in [1.29, 1.82) is 0 Å². The van der Waals surface area contributed by atoms with Gasteiger partial charge in [0.15, 0.2) is 0 Å². The van der Waals surface area contributed by atoms with Gasteiger partial charge in [0.2, 0.25) is 0 Å². The van der Waals surface area contributed by atoms with Crippen LogP contribution < -0.4 is 0 Å². The van der Waals surface area contributed by atoms with E-state index in [0.717, 1.165) is 31.2 Å². The van der Waals surface area contributed by atoms with Crippen molar-refractivity contribution in [3.63, 3.8) is 0 Å². The Bertz CT molecular complexity index is 387. The van der Waals surface area contributed by atoms with Crippen LogP contribution in [0.4, 0.5) is 0 Å². The van der Waals surface area contributed by atoms with Crippen molar-refractivity contribution in [2.45, 2.75) is 38.4 Å². The molecule has 1 aliphatic carbocycles. The summed E-state index contributed by atoms with van der Waals surface area (Å²) in [5, 5.41) is 10.4. The lowest BCUT2D eigenvalue weighted by atomic mass is 9.88. The van der Waals surface area contributed by atoms with Crippen molar-refractivity contribution in [3.8, 4) is 0 Å². The Kier molecular flexibility index (Phi) is 5.31. The first-order valence-electron chi connectivity index (χ1n) is 6.35. The molecule has 0 bridgehead atoms. The van der Waals surface area contributed by atoms with Crippen LogP contribution in [0.15, 0.2) is 18.2 Å². The first-order chi connectivity index (χ1) is 8.69. The van der Waals surface area contributed by atoms with Crippen LogP contribution >= 0.6 is 23.2 Å². The van der Waals surface area contributed by atoms with Gasteiger partial charge in [0.1, 0.15) is 0 Å². The minimum absolute atomic E-state index is 0.291. The fourth-order valence-corrected chi connectivity index (χ4v) is 2.79. The topological polar surface area (TPSA) is 29.5 Å². The molecule has 2 nitrogen and oxygen atoms in total. The molecule has 1 saturated carbocycles. The van der Waals surface area contributed by atoms with Gasteiger partial charge in [-0.2, -0.15) is 0 Å². The Balaban J connectivity index is 1.81. The molecule has 0 unspecified atom stereocenters. The zero-order valence-corrected chi connectivity index (χ0v) is 11.8. The van der Waals surface area contributed by atoms with Crippen LogP contribution in [-0.2, 0) is 11.3 Å². The number of hydrogen-bond donors (Lipinski definition) is 1. The number of ether oxygens (including phenoxy) is 1. The normalized spacial score (nSPS) is 24.2. The minimum Gasteiger partial charge on any atom is -0.396 e. The summed E-state index contributed by atoms with van der Waals surface area (Å²) in [5.41, 5.74) is 0.977. The van der Waals surface area contributed by atoms with Crippen LogP contribution in [0.5, 0.6) is 0 Å². The molecule has 1 N–H and O–H groups in total. The molecule has 0 spiro atoms. The fraction of sp³-hybridized carbons (Fsp3) is 0.571. The van der Waals surface area contributed by atoms with Crippen LogP contribution in [0.25, 0.3) is 0 Å². The number of aliphatic hydroxyl groups excluding tert-OH is 1. The van der Waals surface area contributed by atoms with Crippen molar-refractivity contribution in [2.75, 3.05) is 6.61 Å². The Hall–Kier alpha value is -0.280. The molecule has 0 amide bonds. The maximum Gasteiger partial charge on any atom is 0.0735 e. The van der Waals surface area contributed by atoms with Gasteiger partial charge in [0.25, 0.3) is 0 Å². The van der Waals surface area contributed by atoms with Gasteiger partial charge in [0, 0.05) is 16.7 Å². The standard InChI is InChI=1S/C14H18Cl2O2/c15-12-4-3-11(14(16)7-12)9-18-13-5-1-10(8-17)2-6-13/h3-4,7,10,13,17H,1-2,5-6,8-9H2. The second-order valence-electron chi connectivity index (χ2n) is 4.87. The number of hydrogen-bond acceptors (Lipinski definition) is 2. The molecule has 1 aromatic rings. The van der Waals surface area contributed by atoms with Gasteiger partial charge in [-0.15, -0.1) is 0 Å². The summed E-state index contributed by atoms with van der Waals surface area (Å²) >= 11 is 11.9. The van der Waals surface area contributed by atoms with Gasteiger partial charge >= 0.3 is 0 Å². The molecular formula is C14H18Cl2O2. The Morgan fingerprint density at radius 2 is 1.89 bits per heavy atom. The van der Waals surface area contributed by atoms with Gasteiger partial charge in [-0.25, -0.2) is 0 Å². The third-order valence-corrected chi connectivity index (χ3v) is 4.13. The van der Waals surface area contributed by atoms with E-state index in [0.29, 0.717) is 35.3 Å². The van der Waals surface area contributed by atoms with Crippen LogP contribution in [0.2, 0.25) is 10.0 Å². The SMILES string of the molecule is OCC1CCC(OCc2ccc(Cl)cc2Cl)CC1. The lowest BCUT2D eigenvalue weighted by Crippen LogP contribution is -2.23. The molecule has 0 aliphatic heterocycles. The van der Waals surface area contributed by atoms with E-state index >= 15 is 0 Å². The summed E-state index contributed by atoms with van der Waals surface area (Å²) in [5.74, 6) is 0.462. The van der Waals surface area contributed by atoms with E-state index in [4.69, 9.17) is 33.0 Å². The molecule has 100 valence electrons. The smallest absolute Gasteiger partial charge is 0.0735 e. The third-order valence-electron chi connectivity index (χ3n) is 3.54. The van der Waals surface area contributed by atoms with E-state index in [-0.39, 0.29) is 0 Å². The second-order valence-corrected chi connectivity index (χ2v) is 5.72. The quantitative estimate of drug-likeness (QED) is 0.905. The summed E-state index contributed by atoms with van der Waals surface area (Å²) < 4.78 is 5.87. The van der Waals surface area contributed by atoms with E-state index in [1.165, 1.54) is 0 Å². The van der Waals surface area contributed by atoms with E-state index in [1.807, 2.05) is 12.1 Å². The summed E-state index contributed by atoms with van der Waals surface area (Å²) in [6, 6.07) is 5.48. The molecule has 4 heteroatoms. The highest BCUT2D eigenvalue weighted by Crippen LogP contribution is 2.28. The molecule has 0 atom stereocenters. The molecular weight excluding hydrogens is 271 g/mol. The zero-order chi connectivity index (χ0) is 13.0. The van der Waals surface area contributed by atoms with Crippen molar-refractivity contribution < 1.29 is 9.84 Å². The maximum absolute atomic E-state index is 9.08. The van der Waals surface area contributed by atoms with Crippen molar-refractivity contribution in [3.05, 3.63) is 33.8 Å². The summed E-state index contributed by atoms with van der Waals surface area (Å²) in [4.78, 5) is 0. The highest BCUT2D eigenvalue weighted by Gasteiger charge is 2.21. The molecule has 0 radical (unpaired) electrons. The van der Waals surface area contributed by atoms with Gasteiger partial charge in [-0.1, -0.05) is 29.3 Å². The molecule has 1 aliphatic rings. The average Bonchev–Trinajstić information content (AvgIpc) is 2.38. The van der Waals surface area contributed by atoms with Gasteiger partial charge in [0.05, 0.1) is 12.7 Å². The molecule has 18 heavy (non-hydrogen) atoms. The molecule has 1 fully saturated rings. The van der Waals surface area contributed by atoms with Crippen LogP contribution in [0.1, 0.15) is 31.2 Å². The van der Waals surface area contributed by atoms with E-state index in [9.17, 15) is 0 Å². The minimum atomic E-state index is 0.291. The van der Waals surface area contributed by atoms with E-state index in [2.05, 4.69) is 0 Å². The first-order valence-corrected chi connectivity index (χ1v) is 7.11. The van der Waals surface area contributed by atoms with E-state index in [1.54, 1.807) is 6.07 Å². The Labute approximate surface area is 118 Å². The number of halogens is 2. The largest absolute Gasteiger partial charge is 0.396 e. The van der Waals surface area contributed by atoms with Crippen molar-refractivity contribution in [2.24, 2.45) is 5.92 Å². The van der Waals surface area contributed by atoms with Crippen LogP contribution in [-0.4, -0.2) is 17.8 Å². The fourth-order valence-electron chi connectivity index (χ4n) is 2.33. The van der Waals surface area contributed by atoms with Crippen molar-refractivity contribution in [1.82, 2.24) is 0 Å². The lowest BCUT2D eigenvalue weighted by Gasteiger charge is -2.27. The number of benzene rings is 1. The van der Waals surface area contributed by atoms with Crippen molar-refractivity contribution >= 4 is 23.2 Å². The summed E-state index contributed by atoms with van der Waals surface area (Å²) in [6.07, 6.45) is 4.44. The Morgan fingerprint density at radius 1 is 1.17 bits per heavy atom. The molecule has 2 rings (SSSR count). The molecule has 0 heterocycles. The molecule has 1 aromatic carbocycles. The molecule has 0 aromatic heterocycles. The zero-order valence-electron chi connectivity index (χ0n) is 10.2. The van der Waals surface area contributed by atoms with Gasteiger partial charge in [-0.3, -0.25) is 0 Å². The second kappa shape index (κ2) is 6.76. The third kappa shape index (κ3) is 3.86. The number of aliphatic hydroxyl groups is 1. The number of rotatable bonds is 4. The first kappa shape index (κ1) is 14.1. The monoisotopic (exact) mass is 288 g/mol. The van der Waals surface area contributed by atoms with Gasteiger partial charge in [-0.05, 0) is 49.3 Å². The van der Waals surface area contributed by atoms with Crippen LogP contribution in [0.3, 0.4) is 0 Å². The Morgan fingerprint density at radius 3 is 2.50 bits per heavy atom. The maximum atomic E-state index is 9.08. The summed E-state index contributed by atoms with van der Waals surface area (Å²) in [7, 11) is 0. The van der Waals surface area contributed by atoms with Crippen LogP contribution in [0, 0.1) is 5.92 Å². The molecule has 0 saturated heterocycles. The predicted octanol–water partition coefficient (Wildman–Crippen LogP) is 4.06. The lowest BCUT2D eigenvalue weighted by molar-refractivity contribution is 0.00124. The highest BCUT2D eigenvalue weighted by atomic mass is 35.5.